The molecular weight excluding hydrogens is 480 g/mol. The topological polar surface area (TPSA) is 121 Å². The van der Waals surface area contributed by atoms with Gasteiger partial charge in [0.1, 0.15) is 0 Å². The first-order chi connectivity index (χ1) is 16.1. The van der Waals surface area contributed by atoms with Crippen molar-refractivity contribution in [2.75, 3.05) is 14.2 Å². The summed E-state index contributed by atoms with van der Waals surface area (Å²) < 4.78 is 64.2. The molecule has 0 spiro atoms. The van der Waals surface area contributed by atoms with Crippen molar-refractivity contribution in [1.29, 1.82) is 0 Å². The lowest BCUT2D eigenvalue weighted by Gasteiger charge is -2.25. The highest BCUT2D eigenvalue weighted by atomic mass is 32.2. The van der Waals surface area contributed by atoms with Crippen molar-refractivity contribution in [3.05, 3.63) is 71.1 Å². The first-order valence-electron chi connectivity index (χ1n) is 10.6. The van der Waals surface area contributed by atoms with Crippen LogP contribution in [0.25, 0.3) is 0 Å². The largest absolute Gasteiger partial charge is 0.468 e. The predicted molar refractivity (Wildman–Crippen MR) is 122 cm³/mol. The number of esters is 2. The van der Waals surface area contributed by atoms with Crippen LogP contribution in [0.1, 0.15) is 19.3 Å². The molecule has 0 heterocycles. The number of carbonyl (C=O) groups excluding carboxylic acids is 2. The first-order valence-corrected chi connectivity index (χ1v) is 13.6. The zero-order chi connectivity index (χ0) is 24.7. The first kappa shape index (κ1) is 24.2. The zero-order valence-electron chi connectivity index (χ0n) is 18.6. The van der Waals surface area contributed by atoms with E-state index in [1.165, 1.54) is 24.3 Å². The Kier molecular flexibility index (Phi) is 6.15. The van der Waals surface area contributed by atoms with Crippen LogP contribution in [0.5, 0.6) is 0 Å². The number of sulfone groups is 2. The lowest BCUT2D eigenvalue weighted by molar-refractivity contribution is -0.168. The van der Waals surface area contributed by atoms with E-state index in [0.29, 0.717) is 0 Å². The normalized spacial score (nSPS) is 21.7. The van der Waals surface area contributed by atoms with Crippen molar-refractivity contribution < 1.29 is 35.9 Å². The molecule has 0 aromatic heterocycles. The van der Waals surface area contributed by atoms with E-state index in [0.717, 1.165) is 14.2 Å². The monoisotopic (exact) mass is 504 g/mol. The molecule has 0 amide bonds. The van der Waals surface area contributed by atoms with Gasteiger partial charge in [-0.3, -0.25) is 9.59 Å². The molecule has 2 aliphatic rings. The predicted octanol–water partition coefficient (Wildman–Crippen LogP) is 2.70. The number of rotatable bonds is 6. The van der Waals surface area contributed by atoms with Gasteiger partial charge in [0.15, 0.2) is 15.3 Å². The van der Waals surface area contributed by atoms with Crippen LogP contribution in [0.3, 0.4) is 0 Å². The molecule has 10 heteroatoms. The van der Waals surface area contributed by atoms with E-state index in [1.54, 1.807) is 36.4 Å². The maximum Gasteiger partial charge on any atom is 0.323 e. The molecule has 8 nitrogen and oxygen atoms in total. The molecule has 1 fully saturated rings. The Morgan fingerprint density at radius 3 is 1.82 bits per heavy atom. The van der Waals surface area contributed by atoms with E-state index < -0.39 is 48.2 Å². The van der Waals surface area contributed by atoms with Crippen LogP contribution >= 0.6 is 0 Å². The number of fused-ring (bicyclic) bond motifs is 1. The van der Waals surface area contributed by atoms with Gasteiger partial charge in [-0.25, -0.2) is 16.8 Å². The summed E-state index contributed by atoms with van der Waals surface area (Å²) in [6.07, 6.45) is -0.738. The zero-order valence-corrected chi connectivity index (χ0v) is 20.3. The number of carbonyl (C=O) groups is 2. The summed E-state index contributed by atoms with van der Waals surface area (Å²) in [7, 11) is -5.83. The third-order valence-electron chi connectivity index (χ3n) is 6.70. The van der Waals surface area contributed by atoms with Gasteiger partial charge in [0.05, 0.1) is 34.2 Å². The van der Waals surface area contributed by atoms with Gasteiger partial charge in [0, 0.05) is 12.3 Å². The molecular formula is C24H24O8S2. The summed E-state index contributed by atoms with van der Waals surface area (Å²) in [6.45, 7) is 0. The Bertz CT molecular complexity index is 1340. The Morgan fingerprint density at radius 1 is 0.824 bits per heavy atom. The van der Waals surface area contributed by atoms with Crippen molar-refractivity contribution in [1.82, 2.24) is 0 Å². The van der Waals surface area contributed by atoms with Gasteiger partial charge in [0.2, 0.25) is 9.84 Å². The van der Waals surface area contributed by atoms with Crippen LogP contribution in [0.15, 0.2) is 80.9 Å². The maximum atomic E-state index is 13.6. The molecule has 0 bridgehead atoms. The molecule has 180 valence electrons. The second-order valence-corrected chi connectivity index (χ2v) is 12.6. The summed E-state index contributed by atoms with van der Waals surface area (Å²) >= 11 is 0. The minimum absolute atomic E-state index is 0.0163. The van der Waals surface area contributed by atoms with Crippen LogP contribution in [-0.2, 0) is 38.7 Å². The van der Waals surface area contributed by atoms with Gasteiger partial charge < -0.3 is 9.47 Å². The molecule has 2 aromatic rings. The van der Waals surface area contributed by atoms with Gasteiger partial charge >= 0.3 is 11.9 Å². The minimum Gasteiger partial charge on any atom is -0.468 e. The summed E-state index contributed by atoms with van der Waals surface area (Å²) in [4.78, 5) is 25.5. The summed E-state index contributed by atoms with van der Waals surface area (Å²) in [5.41, 5.74) is -1.55. The van der Waals surface area contributed by atoms with Crippen molar-refractivity contribution in [2.45, 2.75) is 34.3 Å². The quantitative estimate of drug-likeness (QED) is 0.435. The molecule has 0 radical (unpaired) electrons. The summed E-state index contributed by atoms with van der Waals surface area (Å²) in [5.74, 6) is -2.63. The van der Waals surface area contributed by atoms with Crippen LogP contribution in [0.4, 0.5) is 0 Å². The molecule has 4 rings (SSSR count). The molecule has 34 heavy (non-hydrogen) atoms. The Morgan fingerprint density at radius 2 is 1.32 bits per heavy atom. The van der Waals surface area contributed by atoms with E-state index in [1.807, 2.05) is 0 Å². The van der Waals surface area contributed by atoms with Crippen molar-refractivity contribution in [3.63, 3.8) is 0 Å². The maximum absolute atomic E-state index is 13.6. The molecule has 1 saturated carbocycles. The third kappa shape index (κ3) is 3.65. The average Bonchev–Trinajstić information content (AvgIpc) is 3.41. The van der Waals surface area contributed by atoms with Gasteiger partial charge in [-0.05, 0) is 42.7 Å². The molecule has 2 unspecified atom stereocenters. The van der Waals surface area contributed by atoms with Crippen LogP contribution in [-0.4, -0.2) is 48.2 Å². The van der Waals surface area contributed by atoms with Crippen LogP contribution in [0, 0.1) is 11.3 Å². The average molecular weight is 505 g/mol. The van der Waals surface area contributed by atoms with Crippen LogP contribution < -0.4 is 0 Å². The minimum atomic E-state index is -4.07. The van der Waals surface area contributed by atoms with Gasteiger partial charge in [-0.1, -0.05) is 36.4 Å². The molecule has 0 aliphatic heterocycles. The number of hydrogen-bond acceptors (Lipinski definition) is 8. The standard InChI is InChI=1S/C24H24O8S2/c1-31-22(25)24(23(26)32-2)14-18-19(15-24)21(34(29,30)17-11-7-4-8-12-17)13-20(18)33(27,28)16-9-5-3-6-10-16/h3-12,18,20H,13-15H2,1-2H3. The number of allylic oxidation sites excluding steroid dienone is 2. The Hall–Kier alpha value is -2.98. The van der Waals surface area contributed by atoms with Gasteiger partial charge in [0.25, 0.3) is 0 Å². The summed E-state index contributed by atoms with van der Waals surface area (Å²) in [6, 6.07) is 15.4. The van der Waals surface area contributed by atoms with Gasteiger partial charge in [-0.15, -0.1) is 0 Å². The van der Waals surface area contributed by atoms with Gasteiger partial charge in [-0.2, -0.15) is 0 Å². The molecule has 0 saturated heterocycles. The Balaban J connectivity index is 1.91. The van der Waals surface area contributed by atoms with Crippen molar-refractivity contribution >= 4 is 31.6 Å². The highest BCUT2D eigenvalue weighted by molar-refractivity contribution is 7.95. The lowest BCUT2D eigenvalue weighted by atomic mass is 9.84. The second kappa shape index (κ2) is 8.66. The molecule has 0 N–H and O–H groups in total. The second-order valence-electron chi connectivity index (χ2n) is 8.42. The smallest absolute Gasteiger partial charge is 0.323 e. The van der Waals surface area contributed by atoms with Crippen LogP contribution in [0.2, 0.25) is 0 Å². The fourth-order valence-electron chi connectivity index (χ4n) is 5.06. The van der Waals surface area contributed by atoms with E-state index in [4.69, 9.17) is 9.47 Å². The fraction of sp³-hybridized carbons (Fsp3) is 0.333. The Labute approximate surface area is 198 Å². The number of ether oxygens (including phenoxy) is 2. The van der Waals surface area contributed by atoms with E-state index in [-0.39, 0.29) is 39.5 Å². The number of hydrogen-bond donors (Lipinski definition) is 0. The van der Waals surface area contributed by atoms with E-state index in [9.17, 15) is 26.4 Å². The third-order valence-corrected chi connectivity index (χ3v) is 10.9. The highest BCUT2D eigenvalue weighted by Crippen LogP contribution is 2.57. The van der Waals surface area contributed by atoms with E-state index >= 15 is 0 Å². The van der Waals surface area contributed by atoms with Crippen molar-refractivity contribution in [2.24, 2.45) is 11.3 Å². The SMILES string of the molecule is COC(=O)C1(C(=O)OC)CC2=C(S(=O)(=O)c3ccccc3)CC(S(=O)(=O)c3ccccc3)C2C1. The lowest BCUT2D eigenvalue weighted by Crippen LogP contribution is -2.40. The molecule has 2 aliphatic carbocycles. The fourth-order valence-corrected chi connectivity index (χ4v) is 8.90. The summed E-state index contributed by atoms with van der Waals surface area (Å²) in [5, 5.41) is -1.16. The van der Waals surface area contributed by atoms with E-state index in [2.05, 4.69) is 0 Å². The number of methoxy groups -OCH3 is 2. The highest BCUT2D eigenvalue weighted by Gasteiger charge is 2.62. The molecule has 2 aromatic carbocycles. The molecule has 2 atom stereocenters. The van der Waals surface area contributed by atoms with Crippen molar-refractivity contribution in [3.8, 4) is 0 Å². The number of benzene rings is 2.